The number of rotatable bonds is 6. The molecule has 4 nitrogen and oxygen atoms in total. The van der Waals surface area contributed by atoms with Gasteiger partial charge in [0.25, 0.3) is 0 Å². The van der Waals surface area contributed by atoms with Crippen LogP contribution in [0.4, 0.5) is 0 Å². The Morgan fingerprint density at radius 1 is 1.44 bits per heavy atom. The first-order chi connectivity index (χ1) is 8.37. The van der Waals surface area contributed by atoms with Crippen molar-refractivity contribution < 1.29 is 13.2 Å². The number of benzene rings is 1. The second-order valence-electron chi connectivity index (χ2n) is 4.15. The molecule has 1 N–H and O–H groups in total. The molecule has 0 saturated carbocycles. The zero-order valence-electron chi connectivity index (χ0n) is 10.7. The molecule has 6 heteroatoms. The summed E-state index contributed by atoms with van der Waals surface area (Å²) in [5.74, 6) is 0.820. The van der Waals surface area contributed by atoms with Crippen molar-refractivity contribution in [3.8, 4) is 5.75 Å². The van der Waals surface area contributed by atoms with Crippen LogP contribution in [-0.4, -0.2) is 34.6 Å². The molecule has 0 aliphatic rings. The van der Waals surface area contributed by atoms with E-state index in [1.807, 2.05) is 0 Å². The number of methoxy groups -OCH3 is 1. The Kier molecular flexibility index (Phi) is 5.44. The molecule has 0 aliphatic heterocycles. The average molecular weight is 292 g/mol. The van der Waals surface area contributed by atoms with Crippen LogP contribution in [0.3, 0.4) is 0 Å². The van der Waals surface area contributed by atoms with Crippen LogP contribution >= 0.6 is 11.6 Å². The highest BCUT2D eigenvalue weighted by molar-refractivity contribution is 7.90. The maximum Gasteiger partial charge on any atom is 0.147 e. The second kappa shape index (κ2) is 6.41. The largest absolute Gasteiger partial charge is 0.496 e. The molecule has 1 rings (SSSR count). The van der Waals surface area contributed by atoms with Gasteiger partial charge in [0.1, 0.15) is 15.6 Å². The van der Waals surface area contributed by atoms with Crippen LogP contribution in [-0.2, 0) is 9.84 Å². The van der Waals surface area contributed by atoms with Gasteiger partial charge in [0.2, 0.25) is 0 Å². The molecule has 102 valence electrons. The van der Waals surface area contributed by atoms with Gasteiger partial charge in [-0.1, -0.05) is 11.6 Å². The topological polar surface area (TPSA) is 55.4 Å². The quantitative estimate of drug-likeness (QED) is 0.871. The van der Waals surface area contributed by atoms with Gasteiger partial charge in [0.15, 0.2) is 0 Å². The van der Waals surface area contributed by atoms with Crippen molar-refractivity contribution in [2.24, 2.45) is 0 Å². The Balaban J connectivity index is 2.97. The molecule has 18 heavy (non-hydrogen) atoms. The fraction of sp³-hybridized carbons (Fsp3) is 0.500. The number of ether oxygens (including phenoxy) is 1. The number of hydrogen-bond donors (Lipinski definition) is 1. The van der Waals surface area contributed by atoms with Gasteiger partial charge in [-0.3, -0.25) is 0 Å². The van der Waals surface area contributed by atoms with Gasteiger partial charge in [-0.05, 0) is 31.7 Å². The molecule has 0 bridgehead atoms. The lowest BCUT2D eigenvalue weighted by atomic mass is 10.0. The number of halogens is 1. The van der Waals surface area contributed by atoms with E-state index in [2.05, 4.69) is 5.32 Å². The molecule has 0 amide bonds. The van der Waals surface area contributed by atoms with E-state index in [-0.39, 0.29) is 11.8 Å². The normalized spacial score (nSPS) is 13.3. The van der Waals surface area contributed by atoms with Crippen molar-refractivity contribution >= 4 is 21.4 Å². The second-order valence-corrected chi connectivity index (χ2v) is 6.84. The SMILES string of the molecule is CNC(CCS(C)(=O)=O)c1cc(Cl)ccc1OC. The van der Waals surface area contributed by atoms with Crippen LogP contribution in [0, 0.1) is 0 Å². The fourth-order valence-corrected chi connectivity index (χ4v) is 2.61. The van der Waals surface area contributed by atoms with E-state index in [1.165, 1.54) is 6.26 Å². The lowest BCUT2D eigenvalue weighted by molar-refractivity contribution is 0.400. The van der Waals surface area contributed by atoms with Crippen LogP contribution in [0.5, 0.6) is 5.75 Å². The summed E-state index contributed by atoms with van der Waals surface area (Å²) in [5, 5.41) is 3.69. The third-order valence-electron chi connectivity index (χ3n) is 2.69. The summed E-state index contributed by atoms with van der Waals surface area (Å²) in [6.07, 6.45) is 1.71. The zero-order chi connectivity index (χ0) is 13.8. The van der Waals surface area contributed by atoms with Gasteiger partial charge in [-0.2, -0.15) is 0 Å². The summed E-state index contributed by atoms with van der Waals surface area (Å²) in [4.78, 5) is 0. The molecule has 1 aromatic carbocycles. The molecular formula is C12H18ClNO3S. The van der Waals surface area contributed by atoms with E-state index in [0.717, 1.165) is 5.56 Å². The summed E-state index contributed by atoms with van der Waals surface area (Å²) < 4.78 is 27.7. The first-order valence-electron chi connectivity index (χ1n) is 5.56. The highest BCUT2D eigenvalue weighted by Gasteiger charge is 2.17. The van der Waals surface area contributed by atoms with Crippen LogP contribution in [0.25, 0.3) is 0 Å². The van der Waals surface area contributed by atoms with Crippen molar-refractivity contribution in [2.75, 3.05) is 26.2 Å². The summed E-state index contributed by atoms with van der Waals surface area (Å²) in [6, 6.07) is 5.22. The van der Waals surface area contributed by atoms with E-state index in [4.69, 9.17) is 16.3 Å². The summed E-state index contributed by atoms with van der Waals surface area (Å²) >= 11 is 5.96. The van der Waals surface area contributed by atoms with E-state index >= 15 is 0 Å². The molecule has 0 aromatic heterocycles. The first kappa shape index (κ1) is 15.3. The minimum atomic E-state index is -2.98. The first-order valence-corrected chi connectivity index (χ1v) is 7.99. The summed E-state index contributed by atoms with van der Waals surface area (Å²) in [7, 11) is 0.384. The number of hydrogen-bond acceptors (Lipinski definition) is 4. The minimum Gasteiger partial charge on any atom is -0.496 e. The number of sulfone groups is 1. The van der Waals surface area contributed by atoms with Gasteiger partial charge in [-0.15, -0.1) is 0 Å². The van der Waals surface area contributed by atoms with E-state index in [9.17, 15) is 8.42 Å². The van der Waals surface area contributed by atoms with Crippen LogP contribution < -0.4 is 10.1 Å². The van der Waals surface area contributed by atoms with E-state index in [0.29, 0.717) is 17.2 Å². The standard InChI is InChI=1S/C12H18ClNO3S/c1-14-11(6-7-18(3,15)16)10-8-9(13)4-5-12(10)17-2/h4-5,8,11,14H,6-7H2,1-3H3. The highest BCUT2D eigenvalue weighted by Crippen LogP contribution is 2.30. The molecule has 1 unspecified atom stereocenters. The fourth-order valence-electron chi connectivity index (χ4n) is 1.76. The smallest absolute Gasteiger partial charge is 0.147 e. The molecule has 0 saturated heterocycles. The predicted octanol–water partition coefficient (Wildman–Crippen LogP) is 2.04. The summed E-state index contributed by atoms with van der Waals surface area (Å²) in [5.41, 5.74) is 0.871. The minimum absolute atomic E-state index is 0.103. The van der Waals surface area contributed by atoms with E-state index in [1.54, 1.807) is 32.4 Å². The molecular weight excluding hydrogens is 274 g/mol. The van der Waals surface area contributed by atoms with Gasteiger partial charge in [0, 0.05) is 22.9 Å². The zero-order valence-corrected chi connectivity index (χ0v) is 12.3. The lowest BCUT2D eigenvalue weighted by Gasteiger charge is -2.19. The van der Waals surface area contributed by atoms with Crippen molar-refractivity contribution in [3.05, 3.63) is 28.8 Å². The third-order valence-corrected chi connectivity index (χ3v) is 3.91. The Morgan fingerprint density at radius 3 is 2.61 bits per heavy atom. The highest BCUT2D eigenvalue weighted by atomic mass is 35.5. The molecule has 0 radical (unpaired) electrons. The monoisotopic (exact) mass is 291 g/mol. The lowest BCUT2D eigenvalue weighted by Crippen LogP contribution is -2.20. The van der Waals surface area contributed by atoms with Crippen molar-refractivity contribution in [3.63, 3.8) is 0 Å². The maximum absolute atomic E-state index is 11.2. The molecule has 0 fully saturated rings. The average Bonchev–Trinajstić information content (AvgIpc) is 2.28. The Labute approximate surface area is 113 Å². The van der Waals surface area contributed by atoms with Crippen LogP contribution in [0.2, 0.25) is 5.02 Å². The van der Waals surface area contributed by atoms with Crippen molar-refractivity contribution in [1.82, 2.24) is 5.32 Å². The van der Waals surface area contributed by atoms with Gasteiger partial charge >= 0.3 is 0 Å². The van der Waals surface area contributed by atoms with Gasteiger partial charge in [-0.25, -0.2) is 8.42 Å². The molecule has 1 aromatic rings. The Hall–Kier alpha value is -0.780. The molecule has 0 aliphatic carbocycles. The third kappa shape index (κ3) is 4.48. The number of nitrogens with one attached hydrogen (secondary N) is 1. The van der Waals surface area contributed by atoms with E-state index < -0.39 is 9.84 Å². The Morgan fingerprint density at radius 2 is 2.11 bits per heavy atom. The van der Waals surface area contributed by atoms with Crippen molar-refractivity contribution in [1.29, 1.82) is 0 Å². The van der Waals surface area contributed by atoms with Crippen LogP contribution in [0.15, 0.2) is 18.2 Å². The van der Waals surface area contributed by atoms with Gasteiger partial charge < -0.3 is 10.1 Å². The summed E-state index contributed by atoms with van der Waals surface area (Å²) in [6.45, 7) is 0. The predicted molar refractivity (Wildman–Crippen MR) is 74.1 cm³/mol. The molecule has 0 spiro atoms. The maximum atomic E-state index is 11.2. The Bertz CT molecular complexity index is 502. The van der Waals surface area contributed by atoms with Crippen molar-refractivity contribution in [2.45, 2.75) is 12.5 Å². The molecule has 0 heterocycles. The molecule has 1 atom stereocenters. The van der Waals surface area contributed by atoms with Crippen LogP contribution in [0.1, 0.15) is 18.0 Å². The van der Waals surface area contributed by atoms with Gasteiger partial charge in [0.05, 0.1) is 12.9 Å².